The van der Waals surface area contributed by atoms with Crippen molar-refractivity contribution in [2.75, 3.05) is 13.2 Å². The predicted molar refractivity (Wildman–Crippen MR) is 77.2 cm³/mol. The van der Waals surface area contributed by atoms with Crippen molar-refractivity contribution in [2.24, 2.45) is 5.73 Å². The van der Waals surface area contributed by atoms with Crippen LogP contribution in [0.3, 0.4) is 0 Å². The van der Waals surface area contributed by atoms with Crippen molar-refractivity contribution in [3.63, 3.8) is 0 Å². The fourth-order valence-corrected chi connectivity index (χ4v) is 1.58. The number of amides is 1. The van der Waals surface area contributed by atoms with Gasteiger partial charge in [-0.2, -0.15) is 0 Å². The van der Waals surface area contributed by atoms with Gasteiger partial charge in [0.05, 0.1) is 12.6 Å². The number of ether oxygens (including phenoxy) is 1. The summed E-state index contributed by atoms with van der Waals surface area (Å²) in [7, 11) is 0. The molecule has 1 rings (SSSR count). The summed E-state index contributed by atoms with van der Waals surface area (Å²) in [5, 5.41) is 2.79. The fourth-order valence-electron chi connectivity index (χ4n) is 1.58. The van der Waals surface area contributed by atoms with Crippen LogP contribution in [0, 0.1) is 0 Å². The molecule has 0 aliphatic rings. The van der Waals surface area contributed by atoms with E-state index in [-0.39, 0.29) is 5.91 Å². The average Bonchev–Trinajstić information content (AvgIpc) is 2.40. The van der Waals surface area contributed by atoms with E-state index in [0.717, 1.165) is 31.6 Å². The third kappa shape index (κ3) is 6.25. The molecular weight excluding hydrogens is 240 g/mol. The van der Waals surface area contributed by atoms with Crippen LogP contribution < -0.4 is 15.8 Å². The molecule has 0 aromatic heterocycles. The summed E-state index contributed by atoms with van der Waals surface area (Å²) in [5.41, 5.74) is 6.64. The second kappa shape index (κ2) is 8.53. The maximum absolute atomic E-state index is 11.3. The highest BCUT2D eigenvalue weighted by molar-refractivity contribution is 5.80. The summed E-state index contributed by atoms with van der Waals surface area (Å²) >= 11 is 0. The Morgan fingerprint density at radius 3 is 2.63 bits per heavy atom. The molecule has 19 heavy (non-hydrogen) atoms. The van der Waals surface area contributed by atoms with Gasteiger partial charge in [0.2, 0.25) is 5.91 Å². The van der Waals surface area contributed by atoms with Crippen LogP contribution in [0.25, 0.3) is 0 Å². The zero-order valence-corrected chi connectivity index (χ0v) is 11.8. The van der Waals surface area contributed by atoms with E-state index < -0.39 is 6.04 Å². The SMILES string of the molecule is CCCCOc1ccc(CCNC(=O)C(C)N)cc1. The first-order chi connectivity index (χ1) is 9.13. The number of unbranched alkanes of at least 4 members (excludes halogenated alkanes) is 1. The number of carbonyl (C=O) groups excluding carboxylic acids is 1. The van der Waals surface area contributed by atoms with E-state index in [2.05, 4.69) is 12.2 Å². The Balaban J connectivity index is 2.30. The van der Waals surface area contributed by atoms with Gasteiger partial charge in [0.25, 0.3) is 0 Å². The molecule has 1 aromatic carbocycles. The molecule has 4 heteroatoms. The molecule has 106 valence electrons. The second-order valence-corrected chi connectivity index (χ2v) is 4.68. The largest absolute Gasteiger partial charge is 0.494 e. The first-order valence-corrected chi connectivity index (χ1v) is 6.88. The number of benzene rings is 1. The van der Waals surface area contributed by atoms with E-state index in [0.29, 0.717) is 6.54 Å². The number of rotatable bonds is 8. The lowest BCUT2D eigenvalue weighted by atomic mass is 10.1. The zero-order chi connectivity index (χ0) is 14.1. The lowest BCUT2D eigenvalue weighted by Crippen LogP contribution is -2.39. The van der Waals surface area contributed by atoms with Gasteiger partial charge in [-0.05, 0) is 37.5 Å². The molecule has 0 radical (unpaired) electrons. The molecule has 0 aliphatic heterocycles. The molecule has 0 bridgehead atoms. The van der Waals surface area contributed by atoms with Crippen LogP contribution in [0.5, 0.6) is 5.75 Å². The van der Waals surface area contributed by atoms with Crippen molar-refractivity contribution in [3.05, 3.63) is 29.8 Å². The minimum atomic E-state index is -0.450. The fraction of sp³-hybridized carbons (Fsp3) is 0.533. The van der Waals surface area contributed by atoms with Crippen LogP contribution >= 0.6 is 0 Å². The van der Waals surface area contributed by atoms with Gasteiger partial charge in [-0.25, -0.2) is 0 Å². The van der Waals surface area contributed by atoms with Crippen LogP contribution in [0.1, 0.15) is 32.3 Å². The Morgan fingerprint density at radius 1 is 1.37 bits per heavy atom. The van der Waals surface area contributed by atoms with E-state index in [4.69, 9.17) is 10.5 Å². The summed E-state index contributed by atoms with van der Waals surface area (Å²) in [5.74, 6) is 0.788. The standard InChI is InChI=1S/C15H24N2O2/c1-3-4-11-19-14-7-5-13(6-8-14)9-10-17-15(18)12(2)16/h5-8,12H,3-4,9-11,16H2,1-2H3,(H,17,18). The number of hydrogen-bond donors (Lipinski definition) is 2. The first-order valence-electron chi connectivity index (χ1n) is 6.88. The molecule has 0 spiro atoms. The number of hydrogen-bond acceptors (Lipinski definition) is 3. The van der Waals surface area contributed by atoms with Gasteiger partial charge >= 0.3 is 0 Å². The van der Waals surface area contributed by atoms with E-state index in [1.807, 2.05) is 24.3 Å². The lowest BCUT2D eigenvalue weighted by molar-refractivity contribution is -0.121. The third-order valence-electron chi connectivity index (χ3n) is 2.82. The van der Waals surface area contributed by atoms with E-state index in [1.165, 1.54) is 5.56 Å². The summed E-state index contributed by atoms with van der Waals surface area (Å²) in [6, 6.07) is 7.55. The molecule has 0 fully saturated rings. The van der Waals surface area contributed by atoms with Crippen LogP contribution in [-0.2, 0) is 11.2 Å². The molecule has 0 saturated heterocycles. The Hall–Kier alpha value is -1.55. The van der Waals surface area contributed by atoms with Gasteiger partial charge in [0.1, 0.15) is 5.75 Å². The summed E-state index contributed by atoms with van der Waals surface area (Å²) < 4.78 is 5.59. The maximum Gasteiger partial charge on any atom is 0.236 e. The van der Waals surface area contributed by atoms with Gasteiger partial charge < -0.3 is 15.8 Å². The van der Waals surface area contributed by atoms with Crippen LogP contribution in [0.4, 0.5) is 0 Å². The third-order valence-corrected chi connectivity index (χ3v) is 2.82. The number of carbonyl (C=O) groups is 1. The minimum absolute atomic E-state index is 0.112. The Bertz CT molecular complexity index is 374. The highest BCUT2D eigenvalue weighted by atomic mass is 16.5. The molecule has 3 N–H and O–H groups in total. The quantitative estimate of drug-likeness (QED) is 0.705. The van der Waals surface area contributed by atoms with E-state index >= 15 is 0 Å². The van der Waals surface area contributed by atoms with Crippen molar-refractivity contribution in [3.8, 4) is 5.75 Å². The summed E-state index contributed by atoms with van der Waals surface area (Å²) in [6.07, 6.45) is 3.01. The van der Waals surface area contributed by atoms with Crippen molar-refractivity contribution in [2.45, 2.75) is 39.2 Å². The van der Waals surface area contributed by atoms with E-state index in [1.54, 1.807) is 6.92 Å². The predicted octanol–water partition coefficient (Wildman–Crippen LogP) is 1.87. The van der Waals surface area contributed by atoms with Gasteiger partial charge in [-0.15, -0.1) is 0 Å². The van der Waals surface area contributed by atoms with Crippen LogP contribution in [-0.4, -0.2) is 25.1 Å². The molecule has 0 saturated carbocycles. The normalized spacial score (nSPS) is 11.9. The monoisotopic (exact) mass is 264 g/mol. The smallest absolute Gasteiger partial charge is 0.236 e. The molecule has 1 amide bonds. The van der Waals surface area contributed by atoms with Crippen molar-refractivity contribution in [1.29, 1.82) is 0 Å². The van der Waals surface area contributed by atoms with Gasteiger partial charge in [0.15, 0.2) is 0 Å². The molecule has 1 atom stereocenters. The maximum atomic E-state index is 11.3. The minimum Gasteiger partial charge on any atom is -0.494 e. The number of nitrogens with one attached hydrogen (secondary N) is 1. The van der Waals surface area contributed by atoms with Crippen LogP contribution in [0.2, 0.25) is 0 Å². The molecule has 1 aromatic rings. The van der Waals surface area contributed by atoms with Crippen molar-refractivity contribution in [1.82, 2.24) is 5.32 Å². The summed E-state index contributed by atoms with van der Waals surface area (Å²) in [4.78, 5) is 11.3. The summed E-state index contributed by atoms with van der Waals surface area (Å²) in [6.45, 7) is 5.19. The number of nitrogens with two attached hydrogens (primary N) is 1. The lowest BCUT2D eigenvalue weighted by Gasteiger charge is -2.09. The Morgan fingerprint density at radius 2 is 2.05 bits per heavy atom. The zero-order valence-electron chi connectivity index (χ0n) is 11.8. The first kappa shape index (κ1) is 15.5. The van der Waals surface area contributed by atoms with Crippen molar-refractivity contribution < 1.29 is 9.53 Å². The topological polar surface area (TPSA) is 64.3 Å². The highest BCUT2D eigenvalue weighted by Crippen LogP contribution is 2.12. The van der Waals surface area contributed by atoms with Crippen molar-refractivity contribution >= 4 is 5.91 Å². The molecule has 4 nitrogen and oxygen atoms in total. The van der Waals surface area contributed by atoms with Gasteiger partial charge in [-0.3, -0.25) is 4.79 Å². The molecule has 1 unspecified atom stereocenters. The Kier molecular flexibility index (Phi) is 6.97. The molecule has 0 heterocycles. The second-order valence-electron chi connectivity index (χ2n) is 4.68. The molecular formula is C15H24N2O2. The molecule has 0 aliphatic carbocycles. The highest BCUT2D eigenvalue weighted by Gasteiger charge is 2.05. The Labute approximate surface area is 115 Å². The van der Waals surface area contributed by atoms with E-state index in [9.17, 15) is 4.79 Å². The average molecular weight is 264 g/mol. The van der Waals surface area contributed by atoms with Gasteiger partial charge in [-0.1, -0.05) is 25.5 Å². The van der Waals surface area contributed by atoms with Crippen LogP contribution in [0.15, 0.2) is 24.3 Å². The van der Waals surface area contributed by atoms with Gasteiger partial charge in [0, 0.05) is 6.54 Å².